The van der Waals surface area contributed by atoms with Crippen molar-refractivity contribution in [3.8, 4) is 5.75 Å². The Morgan fingerprint density at radius 2 is 1.94 bits per heavy atom. The lowest BCUT2D eigenvalue weighted by atomic mass is 10.1. The lowest BCUT2D eigenvalue weighted by molar-refractivity contribution is 0.305. The molecule has 18 heavy (non-hydrogen) atoms. The molecule has 0 amide bonds. The first kappa shape index (κ1) is 12.9. The van der Waals surface area contributed by atoms with Crippen LogP contribution in [-0.4, -0.2) is 0 Å². The normalized spacial score (nSPS) is 10.4. The Bertz CT molecular complexity index is 540. The molecular formula is C15H16ClNO. The van der Waals surface area contributed by atoms with E-state index in [4.69, 9.17) is 22.1 Å². The number of aryl methyl sites for hydroxylation is 1. The van der Waals surface area contributed by atoms with Crippen molar-refractivity contribution in [3.05, 3.63) is 64.2 Å². The molecule has 0 saturated heterocycles. The number of hydrogen-bond acceptors (Lipinski definition) is 2. The fourth-order valence-electron chi connectivity index (χ4n) is 1.76. The number of benzene rings is 2. The summed E-state index contributed by atoms with van der Waals surface area (Å²) >= 11 is 6.04. The zero-order chi connectivity index (χ0) is 13.0. The molecule has 0 aliphatic carbocycles. The van der Waals surface area contributed by atoms with Gasteiger partial charge in [-0.2, -0.15) is 0 Å². The molecule has 0 aliphatic rings. The van der Waals surface area contributed by atoms with Crippen LogP contribution in [0.25, 0.3) is 0 Å². The van der Waals surface area contributed by atoms with Gasteiger partial charge in [-0.25, -0.2) is 0 Å². The highest BCUT2D eigenvalue weighted by molar-refractivity contribution is 6.32. The van der Waals surface area contributed by atoms with E-state index in [0.717, 1.165) is 11.1 Å². The third-order valence-electron chi connectivity index (χ3n) is 2.86. The van der Waals surface area contributed by atoms with Crippen LogP contribution >= 0.6 is 11.6 Å². The molecule has 2 N–H and O–H groups in total. The average molecular weight is 262 g/mol. The van der Waals surface area contributed by atoms with Crippen LogP contribution in [0.15, 0.2) is 42.5 Å². The molecule has 0 heterocycles. The molecule has 0 spiro atoms. The summed E-state index contributed by atoms with van der Waals surface area (Å²) in [5.41, 5.74) is 9.07. The van der Waals surface area contributed by atoms with E-state index in [1.54, 1.807) is 0 Å². The summed E-state index contributed by atoms with van der Waals surface area (Å²) in [4.78, 5) is 0. The molecule has 0 radical (unpaired) electrons. The second kappa shape index (κ2) is 5.89. The molecule has 2 aromatic carbocycles. The van der Waals surface area contributed by atoms with Crippen LogP contribution in [0.5, 0.6) is 5.75 Å². The van der Waals surface area contributed by atoms with Crippen LogP contribution in [0.4, 0.5) is 0 Å². The highest BCUT2D eigenvalue weighted by Crippen LogP contribution is 2.24. The van der Waals surface area contributed by atoms with Gasteiger partial charge in [-0.05, 0) is 35.7 Å². The smallest absolute Gasteiger partial charge is 0.138 e. The summed E-state index contributed by atoms with van der Waals surface area (Å²) in [5, 5.41) is 0.633. The average Bonchev–Trinajstić information content (AvgIpc) is 2.39. The van der Waals surface area contributed by atoms with E-state index in [0.29, 0.717) is 23.9 Å². The monoisotopic (exact) mass is 261 g/mol. The van der Waals surface area contributed by atoms with Gasteiger partial charge in [0.2, 0.25) is 0 Å². The van der Waals surface area contributed by atoms with Gasteiger partial charge in [0.15, 0.2) is 0 Å². The summed E-state index contributed by atoms with van der Waals surface area (Å²) in [7, 11) is 0. The summed E-state index contributed by atoms with van der Waals surface area (Å²) in [5.74, 6) is 0.710. The van der Waals surface area contributed by atoms with Crippen LogP contribution < -0.4 is 10.5 Å². The molecule has 0 saturated carbocycles. The largest absolute Gasteiger partial charge is 0.487 e. The number of para-hydroxylation sites is 1. The van der Waals surface area contributed by atoms with Gasteiger partial charge < -0.3 is 10.5 Å². The molecular weight excluding hydrogens is 246 g/mol. The molecule has 0 aliphatic heterocycles. The molecule has 0 atom stereocenters. The van der Waals surface area contributed by atoms with Crippen molar-refractivity contribution in [2.45, 2.75) is 20.1 Å². The van der Waals surface area contributed by atoms with Gasteiger partial charge >= 0.3 is 0 Å². The van der Waals surface area contributed by atoms with E-state index in [1.165, 1.54) is 5.56 Å². The molecule has 2 nitrogen and oxygen atoms in total. The minimum atomic E-state index is 0.514. The van der Waals surface area contributed by atoms with E-state index < -0.39 is 0 Å². The van der Waals surface area contributed by atoms with Crippen LogP contribution in [0.2, 0.25) is 5.02 Å². The Morgan fingerprint density at radius 3 is 2.61 bits per heavy atom. The predicted molar refractivity (Wildman–Crippen MR) is 74.9 cm³/mol. The first-order valence-corrected chi connectivity index (χ1v) is 6.24. The summed E-state index contributed by atoms with van der Waals surface area (Å²) < 4.78 is 5.71. The number of hydrogen-bond donors (Lipinski definition) is 1. The Morgan fingerprint density at radius 1 is 1.17 bits per heavy atom. The number of rotatable bonds is 4. The van der Waals surface area contributed by atoms with E-state index in [2.05, 4.69) is 13.0 Å². The van der Waals surface area contributed by atoms with Crippen LogP contribution in [0, 0.1) is 6.92 Å². The van der Waals surface area contributed by atoms with Crippen molar-refractivity contribution in [1.29, 1.82) is 0 Å². The standard InChI is InChI=1S/C15H16ClNO/c1-11-8-12(9-17)6-7-13(11)10-18-15-5-3-2-4-14(15)16/h2-8H,9-10,17H2,1H3. The summed E-state index contributed by atoms with van der Waals surface area (Å²) in [6.07, 6.45) is 0. The number of ether oxygens (including phenoxy) is 1. The zero-order valence-electron chi connectivity index (χ0n) is 10.3. The van der Waals surface area contributed by atoms with Crippen molar-refractivity contribution in [3.63, 3.8) is 0 Å². The van der Waals surface area contributed by atoms with Crippen molar-refractivity contribution < 1.29 is 4.74 Å². The fraction of sp³-hybridized carbons (Fsp3) is 0.200. The van der Waals surface area contributed by atoms with Crippen LogP contribution in [-0.2, 0) is 13.2 Å². The van der Waals surface area contributed by atoms with Gasteiger partial charge in [0.05, 0.1) is 5.02 Å². The lowest BCUT2D eigenvalue weighted by Crippen LogP contribution is -2.01. The van der Waals surface area contributed by atoms with Crippen molar-refractivity contribution in [2.24, 2.45) is 5.73 Å². The van der Waals surface area contributed by atoms with Gasteiger partial charge in [-0.15, -0.1) is 0 Å². The van der Waals surface area contributed by atoms with E-state index >= 15 is 0 Å². The lowest BCUT2D eigenvalue weighted by Gasteiger charge is -2.10. The first-order chi connectivity index (χ1) is 8.70. The van der Waals surface area contributed by atoms with Gasteiger partial charge in [0, 0.05) is 6.54 Å². The predicted octanol–water partition coefficient (Wildman–Crippen LogP) is 3.69. The van der Waals surface area contributed by atoms with Crippen LogP contribution in [0.3, 0.4) is 0 Å². The van der Waals surface area contributed by atoms with E-state index in [-0.39, 0.29) is 0 Å². The van der Waals surface area contributed by atoms with Gasteiger partial charge in [-0.3, -0.25) is 0 Å². The third-order valence-corrected chi connectivity index (χ3v) is 3.17. The minimum absolute atomic E-state index is 0.514. The Hall–Kier alpha value is -1.51. The maximum absolute atomic E-state index is 6.04. The van der Waals surface area contributed by atoms with E-state index in [1.807, 2.05) is 36.4 Å². The second-order valence-corrected chi connectivity index (χ2v) is 4.59. The maximum atomic E-state index is 6.04. The Kier molecular flexibility index (Phi) is 4.24. The molecule has 94 valence electrons. The van der Waals surface area contributed by atoms with E-state index in [9.17, 15) is 0 Å². The molecule has 0 bridgehead atoms. The van der Waals surface area contributed by atoms with Crippen molar-refractivity contribution in [1.82, 2.24) is 0 Å². The zero-order valence-corrected chi connectivity index (χ0v) is 11.1. The first-order valence-electron chi connectivity index (χ1n) is 5.86. The van der Waals surface area contributed by atoms with Crippen molar-refractivity contribution >= 4 is 11.6 Å². The highest BCUT2D eigenvalue weighted by atomic mass is 35.5. The minimum Gasteiger partial charge on any atom is -0.487 e. The summed E-state index contributed by atoms with van der Waals surface area (Å²) in [6, 6.07) is 13.6. The van der Waals surface area contributed by atoms with Gasteiger partial charge in [-0.1, -0.05) is 41.9 Å². The Labute approximate surface area is 112 Å². The SMILES string of the molecule is Cc1cc(CN)ccc1COc1ccccc1Cl. The number of halogens is 1. The molecule has 3 heteroatoms. The number of nitrogens with two attached hydrogens (primary N) is 1. The van der Waals surface area contributed by atoms with Crippen LogP contribution in [0.1, 0.15) is 16.7 Å². The maximum Gasteiger partial charge on any atom is 0.138 e. The summed E-state index contributed by atoms with van der Waals surface area (Å²) in [6.45, 7) is 3.14. The van der Waals surface area contributed by atoms with Gasteiger partial charge in [0.1, 0.15) is 12.4 Å². The van der Waals surface area contributed by atoms with Crippen molar-refractivity contribution in [2.75, 3.05) is 0 Å². The Balaban J connectivity index is 2.09. The molecule has 2 aromatic rings. The fourth-order valence-corrected chi connectivity index (χ4v) is 1.95. The highest BCUT2D eigenvalue weighted by Gasteiger charge is 2.03. The second-order valence-electron chi connectivity index (χ2n) is 4.18. The quantitative estimate of drug-likeness (QED) is 0.911. The molecule has 2 rings (SSSR count). The molecule has 0 fully saturated rings. The molecule has 0 aromatic heterocycles. The topological polar surface area (TPSA) is 35.2 Å². The molecule has 0 unspecified atom stereocenters. The van der Waals surface area contributed by atoms with Gasteiger partial charge in [0.25, 0.3) is 0 Å². The third kappa shape index (κ3) is 3.03.